The monoisotopic (exact) mass is 781 g/mol. The van der Waals surface area contributed by atoms with E-state index in [-0.39, 0.29) is 19.2 Å². The number of carbonyl (C=O) groups is 1. The summed E-state index contributed by atoms with van der Waals surface area (Å²) in [7, 11) is 0. The molecule has 0 amide bonds. The second-order valence-corrected chi connectivity index (χ2v) is 15.5. The van der Waals surface area contributed by atoms with Crippen LogP contribution in [-0.2, 0) is 23.7 Å². The van der Waals surface area contributed by atoms with Crippen molar-refractivity contribution >= 4 is 5.97 Å². The molecule has 0 aromatic heterocycles. The Morgan fingerprint density at radius 2 is 1.05 bits per heavy atom. The molecule has 0 aliphatic carbocycles. The van der Waals surface area contributed by atoms with Gasteiger partial charge in [0.1, 0.15) is 30.5 Å². The van der Waals surface area contributed by atoms with Gasteiger partial charge in [-0.15, -0.1) is 0 Å². The van der Waals surface area contributed by atoms with Crippen molar-refractivity contribution in [3.63, 3.8) is 0 Å². The van der Waals surface area contributed by atoms with Crippen molar-refractivity contribution in [3.8, 4) is 0 Å². The van der Waals surface area contributed by atoms with Crippen LogP contribution in [0.15, 0.2) is 36.5 Å². The number of aliphatic hydroxyl groups is 4. The summed E-state index contributed by atoms with van der Waals surface area (Å²) in [5, 5.41) is 40.1. The van der Waals surface area contributed by atoms with Gasteiger partial charge in [-0.05, 0) is 51.4 Å². The third-order valence-corrected chi connectivity index (χ3v) is 10.3. The Kier molecular flexibility index (Phi) is 35.5. The first-order valence-electron chi connectivity index (χ1n) is 22.6. The fraction of sp³-hybridized carbons (Fsp3) is 0.848. The summed E-state index contributed by atoms with van der Waals surface area (Å²) in [6.07, 6.45) is 37.4. The van der Waals surface area contributed by atoms with Crippen LogP contribution in [0, 0.1) is 0 Å². The molecule has 0 saturated carbocycles. The van der Waals surface area contributed by atoms with Gasteiger partial charge in [0, 0.05) is 13.0 Å². The molecular weight excluding hydrogens is 696 g/mol. The first-order chi connectivity index (χ1) is 26.9. The van der Waals surface area contributed by atoms with Crippen molar-refractivity contribution in [1.82, 2.24) is 0 Å². The Bertz CT molecular complexity index is 936. The molecule has 9 heteroatoms. The van der Waals surface area contributed by atoms with Crippen LogP contribution in [-0.4, -0.2) is 89.6 Å². The number of aliphatic hydroxyl groups excluding tert-OH is 4. The Balaban J connectivity index is 2.25. The van der Waals surface area contributed by atoms with Crippen molar-refractivity contribution in [2.75, 3.05) is 26.4 Å². The summed E-state index contributed by atoms with van der Waals surface area (Å²) < 4.78 is 22.8. The molecular formula is C46H84O9. The van der Waals surface area contributed by atoms with Gasteiger partial charge < -0.3 is 39.4 Å². The van der Waals surface area contributed by atoms with E-state index in [1.54, 1.807) is 0 Å². The van der Waals surface area contributed by atoms with Crippen LogP contribution in [0.2, 0.25) is 0 Å². The lowest BCUT2D eigenvalue weighted by molar-refractivity contribution is -0.305. The number of unbranched alkanes of at least 4 members (excludes halogenated alkanes) is 21. The van der Waals surface area contributed by atoms with Gasteiger partial charge in [0.15, 0.2) is 6.29 Å². The van der Waals surface area contributed by atoms with E-state index in [0.29, 0.717) is 13.0 Å². The number of allylic oxidation sites excluding steroid dienone is 6. The minimum atomic E-state index is -1.54. The summed E-state index contributed by atoms with van der Waals surface area (Å²) in [5.41, 5.74) is 0. The van der Waals surface area contributed by atoms with Gasteiger partial charge in [-0.1, -0.05) is 166 Å². The number of ether oxygens (including phenoxy) is 4. The summed E-state index contributed by atoms with van der Waals surface area (Å²) in [4.78, 5) is 12.8. The molecule has 1 aliphatic heterocycles. The Labute approximate surface area is 336 Å². The predicted molar refractivity (Wildman–Crippen MR) is 224 cm³/mol. The highest BCUT2D eigenvalue weighted by Gasteiger charge is 2.44. The van der Waals surface area contributed by atoms with Gasteiger partial charge >= 0.3 is 5.97 Å². The van der Waals surface area contributed by atoms with Crippen molar-refractivity contribution in [3.05, 3.63) is 36.5 Å². The highest BCUT2D eigenvalue weighted by Crippen LogP contribution is 2.22. The van der Waals surface area contributed by atoms with E-state index < -0.39 is 43.4 Å². The third kappa shape index (κ3) is 29.3. The van der Waals surface area contributed by atoms with Crippen molar-refractivity contribution in [1.29, 1.82) is 0 Å². The zero-order valence-corrected chi connectivity index (χ0v) is 35.2. The first-order valence-corrected chi connectivity index (χ1v) is 22.6. The SMILES string of the molecule is CCCCCCC/C=C\C/C=C\C/C=C\CCCCCCCCC(=O)OC(COCCCCCCCCCCCCC)COC1OC(CO)C(O)C(O)C1O. The molecule has 322 valence electrons. The molecule has 6 atom stereocenters. The molecule has 55 heavy (non-hydrogen) atoms. The lowest BCUT2D eigenvalue weighted by atomic mass is 9.99. The zero-order chi connectivity index (χ0) is 40.0. The van der Waals surface area contributed by atoms with Crippen molar-refractivity contribution in [2.45, 2.75) is 224 Å². The van der Waals surface area contributed by atoms with E-state index in [9.17, 15) is 25.2 Å². The topological polar surface area (TPSA) is 135 Å². The third-order valence-electron chi connectivity index (χ3n) is 10.3. The van der Waals surface area contributed by atoms with Crippen molar-refractivity contribution < 1.29 is 44.2 Å². The fourth-order valence-electron chi connectivity index (χ4n) is 6.73. The maximum absolute atomic E-state index is 12.8. The Morgan fingerprint density at radius 1 is 0.582 bits per heavy atom. The fourth-order valence-corrected chi connectivity index (χ4v) is 6.73. The molecule has 0 radical (unpaired) electrons. The van der Waals surface area contributed by atoms with E-state index in [1.165, 1.54) is 109 Å². The molecule has 0 spiro atoms. The molecule has 1 aliphatic rings. The largest absolute Gasteiger partial charge is 0.457 e. The number of hydrogen-bond donors (Lipinski definition) is 4. The molecule has 6 unspecified atom stereocenters. The second kappa shape index (κ2) is 38.0. The van der Waals surface area contributed by atoms with Crippen LogP contribution in [0.3, 0.4) is 0 Å². The maximum Gasteiger partial charge on any atom is 0.306 e. The molecule has 1 saturated heterocycles. The molecule has 0 aromatic carbocycles. The Hall–Kier alpha value is -1.59. The smallest absolute Gasteiger partial charge is 0.306 e. The summed E-state index contributed by atoms with van der Waals surface area (Å²) in [6.45, 7) is 4.53. The van der Waals surface area contributed by atoms with E-state index >= 15 is 0 Å². The van der Waals surface area contributed by atoms with Crippen LogP contribution >= 0.6 is 0 Å². The van der Waals surface area contributed by atoms with Crippen LogP contribution in [0.25, 0.3) is 0 Å². The van der Waals surface area contributed by atoms with Gasteiger partial charge in [0.2, 0.25) is 0 Å². The lowest BCUT2D eigenvalue weighted by Crippen LogP contribution is -2.59. The summed E-state index contributed by atoms with van der Waals surface area (Å²) in [6, 6.07) is 0. The average molecular weight is 781 g/mol. The molecule has 1 fully saturated rings. The highest BCUT2D eigenvalue weighted by molar-refractivity contribution is 5.69. The van der Waals surface area contributed by atoms with Gasteiger partial charge in [-0.25, -0.2) is 0 Å². The molecule has 1 rings (SSSR count). The van der Waals surface area contributed by atoms with E-state index in [0.717, 1.165) is 57.8 Å². The number of rotatable bonds is 38. The molecule has 0 bridgehead atoms. The van der Waals surface area contributed by atoms with Crippen LogP contribution in [0.5, 0.6) is 0 Å². The van der Waals surface area contributed by atoms with E-state index in [1.807, 2.05) is 0 Å². The molecule has 0 aromatic rings. The summed E-state index contributed by atoms with van der Waals surface area (Å²) >= 11 is 0. The first kappa shape index (κ1) is 51.4. The summed E-state index contributed by atoms with van der Waals surface area (Å²) in [5.74, 6) is -0.325. The minimum Gasteiger partial charge on any atom is -0.457 e. The molecule has 1 heterocycles. The van der Waals surface area contributed by atoms with Crippen LogP contribution < -0.4 is 0 Å². The quantitative estimate of drug-likeness (QED) is 0.0274. The van der Waals surface area contributed by atoms with Gasteiger partial charge in [-0.2, -0.15) is 0 Å². The number of carbonyl (C=O) groups excluding carboxylic acids is 1. The van der Waals surface area contributed by atoms with E-state index in [2.05, 4.69) is 50.3 Å². The van der Waals surface area contributed by atoms with Crippen LogP contribution in [0.4, 0.5) is 0 Å². The average Bonchev–Trinajstić information content (AvgIpc) is 3.18. The minimum absolute atomic E-state index is 0.117. The molecule has 4 N–H and O–H groups in total. The lowest BCUT2D eigenvalue weighted by Gasteiger charge is -2.39. The second-order valence-electron chi connectivity index (χ2n) is 15.5. The zero-order valence-electron chi connectivity index (χ0n) is 35.2. The molecule has 9 nitrogen and oxygen atoms in total. The Morgan fingerprint density at radius 3 is 1.58 bits per heavy atom. The number of hydrogen-bond acceptors (Lipinski definition) is 9. The van der Waals surface area contributed by atoms with Crippen molar-refractivity contribution in [2.24, 2.45) is 0 Å². The predicted octanol–water partition coefficient (Wildman–Crippen LogP) is 9.97. The standard InChI is InChI=1S/C46H84O9/c1-3-5-7-9-11-13-15-16-17-18-19-20-21-22-23-24-25-27-29-31-33-35-42(48)54-40(39-53-46-45(51)44(50)43(49)41(37-47)55-46)38-52-36-34-32-30-28-26-14-12-10-8-6-4-2/h15-16,18-19,21-22,40-41,43-47,49-51H,3-14,17,20,23-39H2,1-2H3/b16-15-,19-18-,22-21-. The number of esters is 1. The highest BCUT2D eigenvalue weighted by atomic mass is 16.7. The van der Waals surface area contributed by atoms with Gasteiger partial charge in [0.25, 0.3) is 0 Å². The van der Waals surface area contributed by atoms with Crippen LogP contribution in [0.1, 0.15) is 187 Å². The van der Waals surface area contributed by atoms with Gasteiger partial charge in [-0.3, -0.25) is 4.79 Å². The van der Waals surface area contributed by atoms with E-state index in [4.69, 9.17) is 18.9 Å². The van der Waals surface area contributed by atoms with Gasteiger partial charge in [0.05, 0.1) is 19.8 Å². The normalized spacial score (nSPS) is 21.0. The maximum atomic E-state index is 12.8.